The minimum Gasteiger partial charge on any atom is -0.308 e. The van der Waals surface area contributed by atoms with Crippen LogP contribution < -0.4 is 0 Å². The van der Waals surface area contributed by atoms with Crippen molar-refractivity contribution in [3.05, 3.63) is 148 Å². The zero-order chi connectivity index (χ0) is 34.5. The highest BCUT2D eigenvalue weighted by molar-refractivity contribution is 6.29. The molecule has 0 amide bonds. The minimum atomic E-state index is -0.528. The van der Waals surface area contributed by atoms with E-state index in [0.717, 1.165) is 27.3 Å². The first kappa shape index (κ1) is 29.1. The molecular weight excluding hydrogens is 607 g/mol. The van der Waals surface area contributed by atoms with Gasteiger partial charge in [-0.15, -0.1) is 0 Å². The van der Waals surface area contributed by atoms with E-state index in [4.69, 9.17) is 0 Å². The fraction of sp³-hybridized carbons (Fsp3) is 0.191. The number of aromatic nitrogens is 1. The van der Waals surface area contributed by atoms with Crippen LogP contribution in [0.5, 0.6) is 0 Å². The Hall–Kier alpha value is -5.90. The molecule has 238 valence electrons. The average molecular weight is 642 g/mol. The van der Waals surface area contributed by atoms with Crippen molar-refractivity contribution in [1.82, 2.24) is 4.40 Å². The van der Waals surface area contributed by atoms with Gasteiger partial charge in [0.15, 0.2) is 0 Å². The van der Waals surface area contributed by atoms with Gasteiger partial charge in [-0.1, -0.05) is 114 Å². The predicted octanol–water partition coefficient (Wildman–Crippen LogP) is 11.5. The lowest BCUT2D eigenvalue weighted by molar-refractivity contribution is 0.586. The second kappa shape index (κ2) is 9.20. The zero-order valence-corrected chi connectivity index (χ0v) is 29.2. The lowest BCUT2D eigenvalue weighted by atomic mass is 9.68. The number of hydrogen-bond donors (Lipinski definition) is 0. The number of rotatable bonds is 0. The van der Waals surface area contributed by atoms with Crippen LogP contribution >= 0.6 is 0 Å². The SMILES string of the molecule is CC(C)(C)c1ccc2c(c1)C1(c3cc(C(C)(C)C)ccc3-2)c2ccccc2-c2c1cc1c3ccc(C#N)cc3n3c4cc(C#N)ccc4c2c13. The second-order valence-electron chi connectivity index (χ2n) is 16.4. The first-order valence-corrected chi connectivity index (χ1v) is 17.5. The van der Waals surface area contributed by atoms with Crippen LogP contribution in [0.4, 0.5) is 0 Å². The molecule has 0 fully saturated rings. The lowest BCUT2D eigenvalue weighted by Crippen LogP contribution is -2.27. The van der Waals surface area contributed by atoms with Crippen molar-refractivity contribution in [2.24, 2.45) is 0 Å². The molecule has 0 unspecified atom stereocenters. The topological polar surface area (TPSA) is 52.0 Å². The molecule has 2 aliphatic rings. The van der Waals surface area contributed by atoms with Gasteiger partial charge in [0.05, 0.1) is 45.2 Å². The molecule has 0 aliphatic heterocycles. The van der Waals surface area contributed by atoms with E-state index in [9.17, 15) is 10.5 Å². The average Bonchev–Trinajstić information content (AvgIpc) is 3.80. The quantitative estimate of drug-likeness (QED) is 0.165. The Bertz CT molecular complexity index is 2840. The van der Waals surface area contributed by atoms with Crippen LogP contribution in [0.2, 0.25) is 0 Å². The summed E-state index contributed by atoms with van der Waals surface area (Å²) in [6, 6.07) is 42.8. The molecule has 0 saturated heterocycles. The summed E-state index contributed by atoms with van der Waals surface area (Å²) < 4.78 is 2.30. The van der Waals surface area contributed by atoms with Gasteiger partial charge in [-0.05, 0) is 96.8 Å². The largest absolute Gasteiger partial charge is 0.308 e. The summed E-state index contributed by atoms with van der Waals surface area (Å²) in [5, 5.41) is 24.6. The number of benzene rings is 6. The van der Waals surface area contributed by atoms with Gasteiger partial charge in [0, 0.05) is 21.5 Å². The smallest absolute Gasteiger partial charge is 0.0992 e. The Morgan fingerprint density at radius 2 is 1.08 bits per heavy atom. The molecule has 3 heteroatoms. The molecule has 6 aromatic carbocycles. The van der Waals surface area contributed by atoms with E-state index in [2.05, 4.69) is 137 Å². The molecule has 50 heavy (non-hydrogen) atoms. The van der Waals surface area contributed by atoms with Crippen LogP contribution in [0.1, 0.15) is 86.1 Å². The van der Waals surface area contributed by atoms with Crippen LogP contribution in [-0.4, -0.2) is 4.40 Å². The highest BCUT2D eigenvalue weighted by Crippen LogP contribution is 2.65. The molecule has 0 bridgehead atoms. The number of nitriles is 2. The fourth-order valence-electron chi connectivity index (χ4n) is 9.34. The van der Waals surface area contributed by atoms with Crippen molar-refractivity contribution in [3.8, 4) is 34.4 Å². The van der Waals surface area contributed by atoms with Crippen LogP contribution in [0.15, 0.2) is 103 Å². The van der Waals surface area contributed by atoms with E-state index >= 15 is 0 Å². The van der Waals surface area contributed by atoms with Gasteiger partial charge in [-0.3, -0.25) is 0 Å². The maximum absolute atomic E-state index is 9.99. The normalized spacial score (nSPS) is 14.3. The molecule has 1 spiro atoms. The summed E-state index contributed by atoms with van der Waals surface area (Å²) in [5.41, 5.74) is 16.9. The Morgan fingerprint density at radius 3 is 1.66 bits per heavy atom. The molecular formula is C47H35N3. The maximum Gasteiger partial charge on any atom is 0.0992 e. The molecule has 2 aromatic heterocycles. The minimum absolute atomic E-state index is 0.0240. The zero-order valence-electron chi connectivity index (χ0n) is 29.2. The van der Waals surface area contributed by atoms with E-state index in [0.29, 0.717) is 11.1 Å². The molecule has 8 aromatic rings. The van der Waals surface area contributed by atoms with Crippen molar-refractivity contribution in [2.75, 3.05) is 0 Å². The van der Waals surface area contributed by atoms with Gasteiger partial charge in [0.25, 0.3) is 0 Å². The first-order chi connectivity index (χ1) is 24.0. The Morgan fingerprint density at radius 1 is 0.520 bits per heavy atom. The van der Waals surface area contributed by atoms with Crippen molar-refractivity contribution < 1.29 is 0 Å². The molecule has 0 radical (unpaired) electrons. The van der Waals surface area contributed by atoms with Gasteiger partial charge in [-0.2, -0.15) is 10.5 Å². The van der Waals surface area contributed by atoms with Crippen LogP contribution in [0, 0.1) is 22.7 Å². The second-order valence-corrected chi connectivity index (χ2v) is 16.4. The molecule has 0 atom stereocenters. The van der Waals surface area contributed by atoms with Crippen LogP contribution in [-0.2, 0) is 16.2 Å². The van der Waals surface area contributed by atoms with E-state index in [1.807, 2.05) is 24.3 Å². The standard InChI is InChI=1S/C47H35N3/c1-45(2,3)28-13-17-30-31-18-14-29(46(4,5)6)22-38(31)47(37(30)21-28)36-10-8-7-9-33(36)42-39(47)23-35-32-15-11-26(24-48)19-40(32)50-41-20-27(25-49)12-16-34(41)43(42)44(35)50/h7-23H,1-6H3. The highest BCUT2D eigenvalue weighted by Gasteiger charge is 2.53. The van der Waals surface area contributed by atoms with E-state index in [-0.39, 0.29) is 10.8 Å². The van der Waals surface area contributed by atoms with Crippen molar-refractivity contribution in [3.63, 3.8) is 0 Å². The van der Waals surface area contributed by atoms with Gasteiger partial charge >= 0.3 is 0 Å². The summed E-state index contributed by atoms with van der Waals surface area (Å²) in [7, 11) is 0. The summed E-state index contributed by atoms with van der Waals surface area (Å²) in [4.78, 5) is 0. The lowest BCUT2D eigenvalue weighted by Gasteiger charge is -2.33. The van der Waals surface area contributed by atoms with Crippen molar-refractivity contribution >= 4 is 38.1 Å². The maximum atomic E-state index is 9.99. The third-order valence-electron chi connectivity index (χ3n) is 11.7. The third kappa shape index (κ3) is 3.38. The van der Waals surface area contributed by atoms with Crippen LogP contribution in [0.25, 0.3) is 60.3 Å². The van der Waals surface area contributed by atoms with E-state index < -0.39 is 5.41 Å². The fourth-order valence-corrected chi connectivity index (χ4v) is 9.34. The summed E-state index contributed by atoms with van der Waals surface area (Å²) in [6.07, 6.45) is 0. The third-order valence-corrected chi connectivity index (χ3v) is 11.7. The predicted molar refractivity (Wildman–Crippen MR) is 204 cm³/mol. The van der Waals surface area contributed by atoms with Gasteiger partial charge in [0.2, 0.25) is 0 Å². The summed E-state index contributed by atoms with van der Waals surface area (Å²) in [5.74, 6) is 0. The van der Waals surface area contributed by atoms with Crippen molar-refractivity contribution in [2.45, 2.75) is 57.8 Å². The molecule has 0 N–H and O–H groups in total. The Balaban J connectivity index is 1.48. The van der Waals surface area contributed by atoms with Crippen LogP contribution in [0.3, 0.4) is 0 Å². The number of hydrogen-bond acceptors (Lipinski definition) is 2. The first-order valence-electron chi connectivity index (χ1n) is 17.5. The van der Waals surface area contributed by atoms with E-state index in [1.54, 1.807) is 0 Å². The molecule has 3 nitrogen and oxygen atoms in total. The Labute approximate surface area is 292 Å². The molecule has 10 rings (SSSR count). The van der Waals surface area contributed by atoms with E-state index in [1.165, 1.54) is 66.4 Å². The molecule has 2 heterocycles. The monoisotopic (exact) mass is 641 g/mol. The number of nitrogens with zero attached hydrogens (tertiary/aromatic N) is 3. The van der Waals surface area contributed by atoms with Gasteiger partial charge in [0.1, 0.15) is 0 Å². The summed E-state index contributed by atoms with van der Waals surface area (Å²) >= 11 is 0. The molecule has 0 saturated carbocycles. The highest BCUT2D eigenvalue weighted by atomic mass is 14.9. The van der Waals surface area contributed by atoms with Gasteiger partial charge < -0.3 is 4.40 Å². The molecule has 2 aliphatic carbocycles. The van der Waals surface area contributed by atoms with Gasteiger partial charge in [-0.25, -0.2) is 0 Å². The van der Waals surface area contributed by atoms with Crippen molar-refractivity contribution in [1.29, 1.82) is 10.5 Å². The summed E-state index contributed by atoms with van der Waals surface area (Å²) in [6.45, 7) is 13.8. The Kier molecular flexibility index (Phi) is 5.35. The number of fused-ring (bicyclic) bond motifs is 17.